The fraction of sp³-hybridized carbons (Fsp3) is 0.312. The normalized spacial score (nSPS) is 16.9. The molecule has 3 heterocycles. The monoisotopic (exact) mass is 358 g/mol. The third kappa shape index (κ3) is 2.74. The fourth-order valence-electron chi connectivity index (χ4n) is 2.86. The van der Waals surface area contributed by atoms with Gasteiger partial charge in [-0.3, -0.25) is 10.2 Å². The lowest BCUT2D eigenvalue weighted by Gasteiger charge is -2.30. The highest BCUT2D eigenvalue weighted by atomic mass is 16.5. The van der Waals surface area contributed by atoms with Crippen LogP contribution in [0.1, 0.15) is 10.5 Å². The molecule has 2 N–H and O–H groups in total. The molecule has 1 aromatic carbocycles. The van der Waals surface area contributed by atoms with Gasteiger partial charge in [0, 0.05) is 13.1 Å². The molecule has 1 fully saturated rings. The first-order valence-electron chi connectivity index (χ1n) is 8.13. The van der Waals surface area contributed by atoms with Gasteiger partial charge in [-0.15, -0.1) is 5.53 Å². The van der Waals surface area contributed by atoms with Crippen LogP contribution < -0.4 is 20.7 Å². The number of nitrogens with one attached hydrogen (secondary N) is 2. The number of nitrogens with zero attached hydrogens (tertiary/aromatic N) is 4. The number of amides is 2. The van der Waals surface area contributed by atoms with Crippen LogP contribution in [0.3, 0.4) is 0 Å². The number of rotatable bonds is 3. The number of fused-ring (bicyclic) bond motifs is 1. The lowest BCUT2D eigenvalue weighted by atomic mass is 10.3. The molecule has 2 amide bonds. The van der Waals surface area contributed by atoms with Crippen LogP contribution in [-0.2, 0) is 4.74 Å². The zero-order valence-corrected chi connectivity index (χ0v) is 14.1. The molecule has 10 nitrogen and oxygen atoms in total. The van der Waals surface area contributed by atoms with Crippen molar-refractivity contribution >= 4 is 23.4 Å². The molecule has 0 aliphatic carbocycles. The maximum Gasteiger partial charge on any atom is 0.351 e. The van der Waals surface area contributed by atoms with Crippen LogP contribution in [0.2, 0.25) is 0 Å². The average Bonchev–Trinajstić information content (AvgIpc) is 3.13. The second kappa shape index (κ2) is 6.65. The van der Waals surface area contributed by atoms with Crippen LogP contribution in [0.15, 0.2) is 30.6 Å². The maximum absolute atomic E-state index is 12.8. The molecule has 26 heavy (non-hydrogen) atoms. The van der Waals surface area contributed by atoms with E-state index >= 15 is 0 Å². The first-order valence-corrected chi connectivity index (χ1v) is 8.13. The predicted octanol–water partition coefficient (Wildman–Crippen LogP) is 0.684. The summed E-state index contributed by atoms with van der Waals surface area (Å²) in [5, 5.41) is 1.32. The molecule has 0 saturated carbocycles. The number of hydrazine groups is 2. The van der Waals surface area contributed by atoms with Gasteiger partial charge in [0.2, 0.25) is 0 Å². The standard InChI is InChI=1S/C16H18N6O4/c1-25-12-4-2-11(3-5-12)22-16(24)21-10-17-13(14(21)18-19-22)15(23)20-6-8-26-9-7-20/h2-5,10,18-19H,6-9H2,1H3. The summed E-state index contributed by atoms with van der Waals surface area (Å²) in [4.78, 5) is 31.2. The van der Waals surface area contributed by atoms with E-state index in [1.54, 1.807) is 36.3 Å². The fourth-order valence-corrected chi connectivity index (χ4v) is 2.86. The summed E-state index contributed by atoms with van der Waals surface area (Å²) in [7, 11) is 1.58. The van der Waals surface area contributed by atoms with Crippen molar-refractivity contribution in [3.63, 3.8) is 0 Å². The highest BCUT2D eigenvalue weighted by Gasteiger charge is 2.32. The summed E-state index contributed by atoms with van der Waals surface area (Å²) in [5.41, 5.74) is 6.50. The highest BCUT2D eigenvalue weighted by Crippen LogP contribution is 2.24. The second-order valence-corrected chi connectivity index (χ2v) is 5.77. The summed E-state index contributed by atoms with van der Waals surface area (Å²) < 4.78 is 11.7. The van der Waals surface area contributed by atoms with Gasteiger partial charge < -0.3 is 14.4 Å². The molecule has 0 spiro atoms. The SMILES string of the molecule is COc1ccc(N2NNc3c(C(=O)N4CCOCC4)ncn3C2=O)cc1. The van der Waals surface area contributed by atoms with Gasteiger partial charge in [0.15, 0.2) is 11.5 Å². The molecule has 2 aromatic rings. The van der Waals surface area contributed by atoms with Crippen molar-refractivity contribution in [2.24, 2.45) is 0 Å². The molecule has 0 atom stereocenters. The first-order chi connectivity index (χ1) is 12.7. The summed E-state index contributed by atoms with van der Waals surface area (Å²) in [5.74, 6) is 0.770. The van der Waals surface area contributed by atoms with Crippen LogP contribution in [-0.4, -0.2) is 59.8 Å². The van der Waals surface area contributed by atoms with Gasteiger partial charge in [0.05, 0.1) is 26.0 Å². The molecule has 0 bridgehead atoms. The lowest BCUT2D eigenvalue weighted by molar-refractivity contribution is 0.0300. The second-order valence-electron chi connectivity index (χ2n) is 5.77. The van der Waals surface area contributed by atoms with Gasteiger partial charge in [0.25, 0.3) is 5.91 Å². The third-order valence-corrected chi connectivity index (χ3v) is 4.28. The van der Waals surface area contributed by atoms with E-state index in [0.717, 1.165) is 0 Å². The summed E-state index contributed by atoms with van der Waals surface area (Å²) in [6, 6.07) is 6.61. The maximum atomic E-state index is 12.8. The van der Waals surface area contributed by atoms with Crippen molar-refractivity contribution < 1.29 is 19.1 Å². The van der Waals surface area contributed by atoms with Crippen LogP contribution in [0.25, 0.3) is 0 Å². The minimum atomic E-state index is -0.377. The summed E-state index contributed by atoms with van der Waals surface area (Å²) >= 11 is 0. The van der Waals surface area contributed by atoms with Crippen molar-refractivity contribution in [1.82, 2.24) is 20.0 Å². The van der Waals surface area contributed by atoms with E-state index < -0.39 is 0 Å². The van der Waals surface area contributed by atoms with Gasteiger partial charge in [-0.1, -0.05) is 0 Å². The number of benzene rings is 1. The zero-order valence-electron chi connectivity index (χ0n) is 14.1. The Bertz CT molecular complexity index is 828. The molecular weight excluding hydrogens is 340 g/mol. The number of morpholine rings is 1. The quantitative estimate of drug-likeness (QED) is 0.832. The Hall–Kier alpha value is -3.11. The molecule has 1 aromatic heterocycles. The number of hydrogen-bond donors (Lipinski definition) is 2. The third-order valence-electron chi connectivity index (χ3n) is 4.28. The van der Waals surface area contributed by atoms with E-state index in [0.29, 0.717) is 43.6 Å². The van der Waals surface area contributed by atoms with E-state index in [2.05, 4.69) is 15.9 Å². The molecule has 2 aliphatic rings. The van der Waals surface area contributed by atoms with Crippen molar-refractivity contribution in [3.8, 4) is 5.75 Å². The van der Waals surface area contributed by atoms with Crippen LogP contribution in [0, 0.1) is 0 Å². The number of hydrogen-bond acceptors (Lipinski definition) is 7. The molecule has 10 heteroatoms. The smallest absolute Gasteiger partial charge is 0.351 e. The van der Waals surface area contributed by atoms with Crippen molar-refractivity contribution in [2.45, 2.75) is 0 Å². The van der Waals surface area contributed by atoms with Gasteiger partial charge in [-0.2, -0.15) is 0 Å². The summed E-state index contributed by atoms with van der Waals surface area (Å²) in [6.45, 7) is 2.00. The zero-order chi connectivity index (χ0) is 18.1. The number of ether oxygens (including phenoxy) is 2. The Labute approximate surface area is 149 Å². The highest BCUT2D eigenvalue weighted by molar-refractivity contribution is 6.02. The van der Waals surface area contributed by atoms with Gasteiger partial charge in [0.1, 0.15) is 12.1 Å². The number of methoxy groups -OCH3 is 1. The lowest BCUT2D eigenvalue weighted by Crippen LogP contribution is -2.53. The van der Waals surface area contributed by atoms with Crippen molar-refractivity contribution in [3.05, 3.63) is 36.3 Å². The Kier molecular flexibility index (Phi) is 4.19. The van der Waals surface area contributed by atoms with Gasteiger partial charge in [-0.25, -0.2) is 19.4 Å². The molecule has 4 rings (SSSR count). The van der Waals surface area contributed by atoms with E-state index in [1.807, 2.05) is 0 Å². The Morgan fingerprint density at radius 2 is 1.96 bits per heavy atom. The topological polar surface area (TPSA) is 101 Å². The van der Waals surface area contributed by atoms with E-state index in [9.17, 15) is 9.59 Å². The Morgan fingerprint density at radius 1 is 1.23 bits per heavy atom. The minimum absolute atomic E-state index is 0.196. The van der Waals surface area contributed by atoms with E-state index in [1.165, 1.54) is 15.9 Å². The number of anilines is 2. The number of aromatic nitrogens is 2. The molecule has 1 saturated heterocycles. The molecular formula is C16H18N6O4. The molecule has 0 radical (unpaired) electrons. The van der Waals surface area contributed by atoms with Gasteiger partial charge in [-0.05, 0) is 24.3 Å². The molecule has 0 unspecified atom stereocenters. The van der Waals surface area contributed by atoms with Crippen molar-refractivity contribution in [1.29, 1.82) is 0 Å². The molecule has 2 aliphatic heterocycles. The Balaban J connectivity index is 1.57. The van der Waals surface area contributed by atoms with Gasteiger partial charge >= 0.3 is 6.03 Å². The van der Waals surface area contributed by atoms with Crippen molar-refractivity contribution in [2.75, 3.05) is 43.8 Å². The summed E-state index contributed by atoms with van der Waals surface area (Å²) in [6.07, 6.45) is 1.34. The average molecular weight is 358 g/mol. The number of carbonyl (C=O) groups is 2. The largest absolute Gasteiger partial charge is 0.497 e. The van der Waals surface area contributed by atoms with Crippen LogP contribution >= 0.6 is 0 Å². The number of imidazole rings is 1. The molecule has 136 valence electrons. The first kappa shape index (κ1) is 16.4. The Morgan fingerprint density at radius 3 is 2.65 bits per heavy atom. The van der Waals surface area contributed by atoms with E-state index in [-0.39, 0.29) is 17.6 Å². The predicted molar refractivity (Wildman–Crippen MR) is 92.0 cm³/mol. The van der Waals surface area contributed by atoms with Crippen LogP contribution in [0.5, 0.6) is 5.75 Å². The number of carbonyl (C=O) groups excluding carboxylic acids is 2. The van der Waals surface area contributed by atoms with E-state index in [4.69, 9.17) is 9.47 Å². The minimum Gasteiger partial charge on any atom is -0.497 e. The van der Waals surface area contributed by atoms with Crippen LogP contribution in [0.4, 0.5) is 16.3 Å².